The summed E-state index contributed by atoms with van der Waals surface area (Å²) in [6.07, 6.45) is -0.362. The van der Waals surface area contributed by atoms with Gasteiger partial charge in [-0.25, -0.2) is 9.18 Å². The van der Waals surface area contributed by atoms with Gasteiger partial charge in [0.15, 0.2) is 0 Å². The molecule has 2 aromatic rings. The molecular weight excluding hydrogens is 427 g/mol. The first-order valence-electron chi connectivity index (χ1n) is 10.7. The molecule has 0 bridgehead atoms. The van der Waals surface area contributed by atoms with Gasteiger partial charge in [-0.15, -0.1) is 0 Å². The number of piperazine rings is 1. The maximum Gasteiger partial charge on any atom is 0.410 e. The fourth-order valence-electron chi connectivity index (χ4n) is 3.51. The number of methoxy groups -OCH3 is 1. The Bertz CT molecular complexity index is 1020. The topological polar surface area (TPSA) is 87.9 Å². The van der Waals surface area contributed by atoms with Crippen LogP contribution in [-0.2, 0) is 16.1 Å². The molecule has 3 rings (SSSR count). The number of amides is 1. The second kappa shape index (κ2) is 10.5. The van der Waals surface area contributed by atoms with Crippen molar-refractivity contribution in [2.75, 3.05) is 38.3 Å². The normalized spacial score (nSPS) is 16.3. The smallest absolute Gasteiger partial charge is 0.410 e. The molecule has 1 amide bonds. The first kappa shape index (κ1) is 24.3. The van der Waals surface area contributed by atoms with Crippen LogP contribution in [0.1, 0.15) is 31.9 Å². The first-order chi connectivity index (χ1) is 15.7. The summed E-state index contributed by atoms with van der Waals surface area (Å²) in [7, 11) is 1.60. The van der Waals surface area contributed by atoms with E-state index in [9.17, 15) is 9.18 Å². The molecule has 1 aliphatic heterocycles. The highest BCUT2D eigenvalue weighted by Crippen LogP contribution is 2.23. The van der Waals surface area contributed by atoms with Crippen LogP contribution < -0.4 is 9.64 Å². The summed E-state index contributed by atoms with van der Waals surface area (Å²) in [5.74, 6) is 0.553. The lowest BCUT2D eigenvalue weighted by molar-refractivity contribution is 0.00337. The molecule has 0 radical (unpaired) electrons. The van der Waals surface area contributed by atoms with E-state index in [0.29, 0.717) is 43.5 Å². The van der Waals surface area contributed by atoms with Gasteiger partial charge in [0.05, 0.1) is 24.3 Å². The van der Waals surface area contributed by atoms with Crippen LogP contribution in [0.2, 0.25) is 0 Å². The molecule has 0 N–H and O–H groups in total. The molecule has 9 heteroatoms. The quantitative estimate of drug-likeness (QED) is 0.654. The largest absolute Gasteiger partial charge is 0.473 e. The number of pyridine rings is 1. The standard InChI is InChI=1S/C24H29FN4O4/c1-24(2,3)33-23(30)29-11-10-28(14-19(29)16-31-4)21-6-5-7-22(27-21)32-15-18-9-8-17(13-26)12-20(18)25/h5-9,12,19H,10-11,14-16H2,1-4H3. The Balaban J connectivity index is 1.67. The number of halogens is 1. The van der Waals surface area contributed by atoms with Crippen LogP contribution in [0.25, 0.3) is 0 Å². The van der Waals surface area contributed by atoms with E-state index in [1.807, 2.05) is 39.0 Å². The number of ether oxygens (including phenoxy) is 3. The van der Waals surface area contributed by atoms with Gasteiger partial charge in [-0.3, -0.25) is 4.90 Å². The van der Waals surface area contributed by atoms with Crippen molar-refractivity contribution in [3.8, 4) is 11.9 Å². The molecule has 0 saturated carbocycles. The predicted molar refractivity (Wildman–Crippen MR) is 121 cm³/mol. The van der Waals surface area contributed by atoms with Crippen molar-refractivity contribution >= 4 is 11.9 Å². The third-order valence-corrected chi connectivity index (χ3v) is 5.06. The Labute approximate surface area is 193 Å². The van der Waals surface area contributed by atoms with Crippen LogP contribution in [0, 0.1) is 17.1 Å². The van der Waals surface area contributed by atoms with Crippen molar-refractivity contribution in [2.24, 2.45) is 0 Å². The van der Waals surface area contributed by atoms with Gasteiger partial charge in [-0.05, 0) is 39.0 Å². The maximum absolute atomic E-state index is 14.1. The number of rotatable bonds is 6. The van der Waals surface area contributed by atoms with E-state index < -0.39 is 11.4 Å². The highest BCUT2D eigenvalue weighted by Gasteiger charge is 2.33. The van der Waals surface area contributed by atoms with Crippen LogP contribution >= 0.6 is 0 Å². The molecule has 2 heterocycles. The molecule has 1 aromatic carbocycles. The van der Waals surface area contributed by atoms with Gasteiger partial charge in [0, 0.05) is 38.4 Å². The van der Waals surface area contributed by atoms with Gasteiger partial charge in [-0.1, -0.05) is 12.1 Å². The molecule has 33 heavy (non-hydrogen) atoms. The summed E-state index contributed by atoms with van der Waals surface area (Å²) in [6.45, 7) is 7.43. The number of hydrogen-bond acceptors (Lipinski definition) is 7. The Morgan fingerprint density at radius 1 is 1.27 bits per heavy atom. The van der Waals surface area contributed by atoms with Crippen molar-refractivity contribution < 1.29 is 23.4 Å². The highest BCUT2D eigenvalue weighted by atomic mass is 19.1. The number of aromatic nitrogens is 1. The van der Waals surface area contributed by atoms with Crippen molar-refractivity contribution in [2.45, 2.75) is 39.0 Å². The molecule has 1 saturated heterocycles. The summed E-state index contributed by atoms with van der Waals surface area (Å²) in [6, 6.07) is 11.4. The average Bonchev–Trinajstić information content (AvgIpc) is 2.77. The van der Waals surface area contributed by atoms with Gasteiger partial charge in [-0.2, -0.15) is 10.2 Å². The Morgan fingerprint density at radius 3 is 2.73 bits per heavy atom. The highest BCUT2D eigenvalue weighted by molar-refractivity contribution is 5.69. The lowest BCUT2D eigenvalue weighted by Gasteiger charge is -2.41. The molecule has 8 nitrogen and oxygen atoms in total. The van der Waals surface area contributed by atoms with E-state index >= 15 is 0 Å². The second-order valence-electron chi connectivity index (χ2n) is 8.77. The SMILES string of the molecule is COCC1CN(c2cccc(OCc3ccc(C#N)cc3F)n2)CCN1C(=O)OC(C)(C)C. The number of benzene rings is 1. The van der Waals surface area contributed by atoms with Crippen LogP contribution in [0.5, 0.6) is 5.88 Å². The zero-order chi connectivity index (χ0) is 24.0. The lowest BCUT2D eigenvalue weighted by atomic mass is 10.1. The van der Waals surface area contributed by atoms with Crippen molar-refractivity contribution in [3.05, 3.63) is 53.3 Å². The monoisotopic (exact) mass is 456 g/mol. The fraction of sp³-hybridized carbons (Fsp3) is 0.458. The number of nitriles is 1. The summed E-state index contributed by atoms with van der Waals surface area (Å²) in [5, 5.41) is 8.86. The third-order valence-electron chi connectivity index (χ3n) is 5.06. The van der Waals surface area contributed by atoms with Gasteiger partial charge >= 0.3 is 6.09 Å². The van der Waals surface area contributed by atoms with E-state index in [-0.39, 0.29) is 24.3 Å². The van der Waals surface area contributed by atoms with Gasteiger partial charge in [0.2, 0.25) is 5.88 Å². The minimum atomic E-state index is -0.576. The van der Waals surface area contributed by atoms with Crippen LogP contribution in [-0.4, -0.2) is 61.0 Å². The number of carbonyl (C=O) groups excluding carboxylic acids is 1. The molecule has 1 unspecified atom stereocenters. The number of hydrogen-bond donors (Lipinski definition) is 0. The second-order valence-corrected chi connectivity index (χ2v) is 8.77. The van der Waals surface area contributed by atoms with E-state index in [0.717, 1.165) is 0 Å². The Morgan fingerprint density at radius 2 is 2.06 bits per heavy atom. The summed E-state index contributed by atoms with van der Waals surface area (Å²) in [4.78, 5) is 20.9. The third kappa shape index (κ3) is 6.56. The van der Waals surface area contributed by atoms with E-state index in [2.05, 4.69) is 9.88 Å². The zero-order valence-corrected chi connectivity index (χ0v) is 19.4. The fourth-order valence-corrected chi connectivity index (χ4v) is 3.51. The molecule has 1 aliphatic rings. The summed E-state index contributed by atoms with van der Waals surface area (Å²) in [5.41, 5.74) is 0.0212. The van der Waals surface area contributed by atoms with Gasteiger partial charge in [0.1, 0.15) is 23.8 Å². The van der Waals surface area contributed by atoms with E-state index in [1.165, 1.54) is 12.1 Å². The van der Waals surface area contributed by atoms with Crippen molar-refractivity contribution in [1.82, 2.24) is 9.88 Å². The van der Waals surface area contributed by atoms with Crippen LogP contribution in [0.15, 0.2) is 36.4 Å². The first-order valence-corrected chi connectivity index (χ1v) is 10.7. The average molecular weight is 457 g/mol. The van der Waals surface area contributed by atoms with Crippen LogP contribution in [0.3, 0.4) is 0 Å². The molecule has 0 aliphatic carbocycles. The lowest BCUT2D eigenvalue weighted by Crippen LogP contribution is -2.58. The summed E-state index contributed by atoms with van der Waals surface area (Å²) >= 11 is 0. The maximum atomic E-state index is 14.1. The zero-order valence-electron chi connectivity index (χ0n) is 19.4. The summed E-state index contributed by atoms with van der Waals surface area (Å²) < 4.78 is 30.7. The minimum absolute atomic E-state index is 0.00723. The molecule has 1 fully saturated rings. The van der Waals surface area contributed by atoms with Gasteiger partial charge < -0.3 is 19.1 Å². The van der Waals surface area contributed by atoms with E-state index in [1.54, 1.807) is 24.1 Å². The van der Waals surface area contributed by atoms with Crippen molar-refractivity contribution in [3.63, 3.8) is 0 Å². The molecule has 176 valence electrons. The number of nitrogens with zero attached hydrogens (tertiary/aromatic N) is 4. The van der Waals surface area contributed by atoms with Crippen LogP contribution in [0.4, 0.5) is 15.0 Å². The number of anilines is 1. The Kier molecular flexibility index (Phi) is 7.71. The minimum Gasteiger partial charge on any atom is -0.473 e. The van der Waals surface area contributed by atoms with Gasteiger partial charge in [0.25, 0.3) is 0 Å². The molecule has 1 aromatic heterocycles. The molecular formula is C24H29FN4O4. The molecule has 1 atom stereocenters. The Hall–Kier alpha value is -3.38. The van der Waals surface area contributed by atoms with E-state index in [4.69, 9.17) is 19.5 Å². The number of carbonyl (C=O) groups is 1. The predicted octanol–water partition coefficient (Wildman–Crippen LogP) is 3.74. The molecule has 0 spiro atoms. The van der Waals surface area contributed by atoms with Crippen molar-refractivity contribution in [1.29, 1.82) is 5.26 Å².